The normalized spacial score (nSPS) is 15.5. The van der Waals surface area contributed by atoms with Gasteiger partial charge in [0.1, 0.15) is 11.6 Å². The van der Waals surface area contributed by atoms with Crippen LogP contribution in [0.15, 0.2) is 76.0 Å². The van der Waals surface area contributed by atoms with Crippen LogP contribution in [0.5, 0.6) is 0 Å². The average Bonchev–Trinajstić information content (AvgIpc) is 3.28. The van der Waals surface area contributed by atoms with E-state index in [4.69, 9.17) is 0 Å². The summed E-state index contributed by atoms with van der Waals surface area (Å²) in [6.07, 6.45) is 5.42. The maximum absolute atomic E-state index is 14.2. The molecule has 0 spiro atoms. The Morgan fingerprint density at radius 1 is 1.00 bits per heavy atom. The molecule has 1 atom stereocenters. The van der Waals surface area contributed by atoms with Gasteiger partial charge in [-0.3, -0.25) is 14.2 Å². The Hall–Kier alpha value is -3.38. The summed E-state index contributed by atoms with van der Waals surface area (Å²) in [5, 5.41) is 6.18. The molecule has 3 aromatic carbocycles. The van der Waals surface area contributed by atoms with Crippen molar-refractivity contribution in [2.24, 2.45) is 0 Å². The maximum atomic E-state index is 14.2. The predicted molar refractivity (Wildman–Crippen MR) is 150 cm³/mol. The molecule has 1 fully saturated rings. The number of aromatic nitrogens is 2. The van der Waals surface area contributed by atoms with Gasteiger partial charge in [0.2, 0.25) is 5.91 Å². The molecule has 1 aliphatic carbocycles. The molecule has 1 unspecified atom stereocenters. The molecule has 182 valence electrons. The van der Waals surface area contributed by atoms with Gasteiger partial charge in [-0.05, 0) is 55.7 Å². The molecule has 6 rings (SSSR count). The van der Waals surface area contributed by atoms with Crippen LogP contribution in [0.3, 0.4) is 0 Å². The number of amides is 1. The molecular formula is C30H28BrN3O2. The fourth-order valence-corrected chi connectivity index (χ4v) is 5.98. The summed E-state index contributed by atoms with van der Waals surface area (Å²) in [4.78, 5) is 31.6. The van der Waals surface area contributed by atoms with Gasteiger partial charge in [0, 0.05) is 32.2 Å². The molecule has 36 heavy (non-hydrogen) atoms. The van der Waals surface area contributed by atoms with Crippen LogP contribution < -0.4 is 10.9 Å². The molecule has 0 aliphatic heterocycles. The zero-order chi connectivity index (χ0) is 24.8. The van der Waals surface area contributed by atoms with E-state index in [9.17, 15) is 9.59 Å². The first kappa shape index (κ1) is 23.0. The molecular weight excluding hydrogens is 514 g/mol. The van der Waals surface area contributed by atoms with Gasteiger partial charge in [-0.25, -0.2) is 0 Å². The minimum atomic E-state index is -0.784. The van der Waals surface area contributed by atoms with Crippen LogP contribution in [0.25, 0.3) is 32.7 Å². The number of nitrogens with one attached hydrogen (secondary N) is 2. The van der Waals surface area contributed by atoms with Gasteiger partial charge < -0.3 is 10.3 Å². The van der Waals surface area contributed by atoms with Crippen LogP contribution in [0.1, 0.15) is 49.3 Å². The highest BCUT2D eigenvalue weighted by molar-refractivity contribution is 9.10. The number of rotatable bonds is 4. The number of benzene rings is 3. The van der Waals surface area contributed by atoms with Crippen molar-refractivity contribution in [3.63, 3.8) is 0 Å². The molecule has 0 radical (unpaired) electrons. The van der Waals surface area contributed by atoms with Crippen molar-refractivity contribution in [1.82, 2.24) is 14.9 Å². The van der Waals surface area contributed by atoms with Crippen molar-refractivity contribution in [3.05, 3.63) is 92.7 Å². The number of aromatic amines is 1. The van der Waals surface area contributed by atoms with Crippen molar-refractivity contribution in [2.45, 2.75) is 51.1 Å². The Morgan fingerprint density at radius 2 is 1.75 bits per heavy atom. The fraction of sp³-hybridized carbons (Fsp3) is 0.267. The minimum absolute atomic E-state index is 0.136. The SMILES string of the molecule is Cc1ccc2c(c1)c1c([nH]c3ccccc31)c(=O)n2C(C(=O)NC1CCCCC1)c1ccc(Br)cc1. The second-order valence-corrected chi connectivity index (χ2v) is 10.8. The smallest absolute Gasteiger partial charge is 0.276 e. The van der Waals surface area contributed by atoms with Gasteiger partial charge in [0.15, 0.2) is 0 Å². The number of aryl methyl sites for hydroxylation is 1. The third-order valence-electron chi connectivity index (χ3n) is 7.46. The van der Waals surface area contributed by atoms with Crippen LogP contribution in [-0.4, -0.2) is 21.5 Å². The third-order valence-corrected chi connectivity index (χ3v) is 7.99. The minimum Gasteiger partial charge on any atom is -0.351 e. The van der Waals surface area contributed by atoms with Crippen molar-refractivity contribution in [3.8, 4) is 0 Å². The first-order valence-corrected chi connectivity index (χ1v) is 13.4. The van der Waals surface area contributed by atoms with E-state index in [1.165, 1.54) is 6.42 Å². The topological polar surface area (TPSA) is 66.9 Å². The van der Waals surface area contributed by atoms with Crippen LogP contribution in [0.2, 0.25) is 0 Å². The average molecular weight is 542 g/mol. The monoisotopic (exact) mass is 541 g/mol. The number of hydrogen-bond acceptors (Lipinski definition) is 2. The van der Waals surface area contributed by atoms with E-state index in [2.05, 4.69) is 39.2 Å². The number of carbonyl (C=O) groups is 1. The predicted octanol–water partition coefficient (Wildman–Crippen LogP) is 6.75. The van der Waals surface area contributed by atoms with Crippen LogP contribution in [0, 0.1) is 6.92 Å². The molecule has 0 bridgehead atoms. The van der Waals surface area contributed by atoms with Crippen molar-refractivity contribution in [1.29, 1.82) is 0 Å². The van der Waals surface area contributed by atoms with E-state index in [-0.39, 0.29) is 17.5 Å². The molecule has 1 amide bonds. The molecule has 1 saturated carbocycles. The lowest BCUT2D eigenvalue weighted by atomic mass is 9.94. The first-order valence-electron chi connectivity index (χ1n) is 12.6. The maximum Gasteiger partial charge on any atom is 0.276 e. The third kappa shape index (κ3) is 3.94. The number of carbonyl (C=O) groups excluding carboxylic acids is 1. The molecule has 0 saturated heterocycles. The molecule has 5 aromatic rings. The number of para-hydroxylation sites is 1. The van der Waals surface area contributed by atoms with Crippen LogP contribution >= 0.6 is 15.9 Å². The summed E-state index contributed by atoms with van der Waals surface area (Å²) in [5.74, 6) is -0.136. The Kier molecular flexibility index (Phi) is 5.92. The van der Waals surface area contributed by atoms with E-state index in [0.29, 0.717) is 5.52 Å². The first-order chi connectivity index (χ1) is 17.5. The summed E-state index contributed by atoms with van der Waals surface area (Å²) in [5.41, 5.74) is 3.90. The van der Waals surface area contributed by atoms with Crippen LogP contribution in [0.4, 0.5) is 0 Å². The number of hydrogen-bond donors (Lipinski definition) is 2. The van der Waals surface area contributed by atoms with E-state index in [1.807, 2.05) is 60.7 Å². The quantitative estimate of drug-likeness (QED) is 0.264. The Bertz CT molecular complexity index is 1660. The Balaban J connectivity index is 1.64. The summed E-state index contributed by atoms with van der Waals surface area (Å²) in [7, 11) is 0. The van der Waals surface area contributed by atoms with Gasteiger partial charge in [0.05, 0.1) is 5.52 Å². The number of H-pyrrole nitrogens is 1. The van der Waals surface area contributed by atoms with Gasteiger partial charge in [0.25, 0.3) is 5.56 Å². The summed E-state index contributed by atoms with van der Waals surface area (Å²) in [6.45, 7) is 2.05. The van der Waals surface area contributed by atoms with E-state index < -0.39 is 6.04 Å². The Labute approximate surface area is 217 Å². The van der Waals surface area contributed by atoms with Gasteiger partial charge >= 0.3 is 0 Å². The highest BCUT2D eigenvalue weighted by atomic mass is 79.9. The summed E-state index contributed by atoms with van der Waals surface area (Å²) in [6, 6.07) is 21.2. The zero-order valence-corrected chi connectivity index (χ0v) is 21.8. The fourth-order valence-electron chi connectivity index (χ4n) is 5.72. The number of halogens is 1. The summed E-state index contributed by atoms with van der Waals surface area (Å²) >= 11 is 3.51. The van der Waals surface area contributed by atoms with E-state index >= 15 is 0 Å². The van der Waals surface area contributed by atoms with Gasteiger partial charge in [-0.15, -0.1) is 0 Å². The van der Waals surface area contributed by atoms with Gasteiger partial charge in [-0.1, -0.05) is 77.2 Å². The largest absolute Gasteiger partial charge is 0.351 e. The standard InChI is InChI=1S/C30H28BrN3O2/c1-18-11-16-25-23(17-18)26-22-9-5-6-10-24(22)33-27(26)30(36)34(25)28(19-12-14-20(31)15-13-19)29(35)32-21-7-3-2-4-8-21/h5-6,9-17,21,28,33H,2-4,7-8H2,1H3,(H,32,35). The number of pyridine rings is 1. The summed E-state index contributed by atoms with van der Waals surface area (Å²) < 4.78 is 2.62. The lowest BCUT2D eigenvalue weighted by molar-refractivity contribution is -0.124. The zero-order valence-electron chi connectivity index (χ0n) is 20.2. The Morgan fingerprint density at radius 3 is 2.53 bits per heavy atom. The molecule has 5 nitrogen and oxygen atoms in total. The van der Waals surface area contributed by atoms with Crippen molar-refractivity contribution >= 4 is 54.5 Å². The van der Waals surface area contributed by atoms with Crippen molar-refractivity contribution < 1.29 is 4.79 Å². The van der Waals surface area contributed by atoms with Crippen LogP contribution in [-0.2, 0) is 4.79 Å². The van der Waals surface area contributed by atoms with Gasteiger partial charge in [-0.2, -0.15) is 0 Å². The highest BCUT2D eigenvalue weighted by Gasteiger charge is 2.29. The molecule has 2 N–H and O–H groups in total. The van der Waals surface area contributed by atoms with E-state index in [1.54, 1.807) is 4.57 Å². The lowest BCUT2D eigenvalue weighted by Crippen LogP contribution is -2.43. The molecule has 2 aromatic heterocycles. The highest BCUT2D eigenvalue weighted by Crippen LogP contribution is 2.33. The number of nitrogens with zero attached hydrogens (tertiary/aromatic N) is 1. The number of fused-ring (bicyclic) bond motifs is 5. The van der Waals surface area contributed by atoms with Crippen molar-refractivity contribution in [2.75, 3.05) is 0 Å². The second kappa shape index (κ2) is 9.25. The second-order valence-electron chi connectivity index (χ2n) is 9.91. The lowest BCUT2D eigenvalue weighted by Gasteiger charge is -2.27. The molecule has 1 aliphatic rings. The molecule has 2 heterocycles. The molecule has 6 heteroatoms. The van der Waals surface area contributed by atoms with E-state index in [0.717, 1.165) is 68.5 Å².